The number of rotatable bonds is 3. The van der Waals surface area contributed by atoms with E-state index in [1.807, 2.05) is 0 Å². The molecular weight excluding hydrogens is 229 g/mol. The number of halogens is 2. The van der Waals surface area contributed by atoms with Gasteiger partial charge in [-0.25, -0.2) is 0 Å². The standard InChI is InChI=1S/C12H16ClN.ClH/c1-9-3-5-11(6-4-9)10(2)12(7-13)8-14;/h3-7,10H,8,14H2,1-2H3;1H/b12-7-;. The lowest BCUT2D eigenvalue weighted by atomic mass is 9.93. The second-order valence-electron chi connectivity index (χ2n) is 3.52. The van der Waals surface area contributed by atoms with Crippen LogP contribution < -0.4 is 5.73 Å². The van der Waals surface area contributed by atoms with Gasteiger partial charge in [0.15, 0.2) is 0 Å². The third kappa shape index (κ3) is 3.86. The lowest BCUT2D eigenvalue weighted by Gasteiger charge is -2.14. The average molecular weight is 246 g/mol. The molecule has 0 bridgehead atoms. The smallest absolute Gasteiger partial charge is 0.0154 e. The van der Waals surface area contributed by atoms with Crippen molar-refractivity contribution in [3.63, 3.8) is 0 Å². The van der Waals surface area contributed by atoms with E-state index >= 15 is 0 Å². The highest BCUT2D eigenvalue weighted by Gasteiger charge is 2.08. The number of aryl methyl sites for hydroxylation is 1. The molecule has 0 aliphatic carbocycles. The minimum absolute atomic E-state index is 0. The number of hydrogen-bond acceptors (Lipinski definition) is 1. The maximum Gasteiger partial charge on any atom is 0.0154 e. The minimum atomic E-state index is 0. The summed E-state index contributed by atoms with van der Waals surface area (Å²) in [6.45, 7) is 4.71. The van der Waals surface area contributed by atoms with Gasteiger partial charge in [-0.05, 0) is 18.1 Å². The predicted molar refractivity (Wildman–Crippen MR) is 69.8 cm³/mol. The fourth-order valence-electron chi connectivity index (χ4n) is 1.39. The second kappa shape index (κ2) is 6.89. The molecule has 15 heavy (non-hydrogen) atoms. The predicted octanol–water partition coefficient (Wildman–Crippen LogP) is 3.60. The molecule has 1 unspecified atom stereocenters. The molecule has 0 aliphatic rings. The molecule has 0 fully saturated rings. The van der Waals surface area contributed by atoms with Crippen molar-refractivity contribution in [2.75, 3.05) is 6.54 Å². The molecule has 3 heteroatoms. The van der Waals surface area contributed by atoms with Crippen LogP contribution in [0.4, 0.5) is 0 Å². The van der Waals surface area contributed by atoms with Crippen molar-refractivity contribution in [1.82, 2.24) is 0 Å². The van der Waals surface area contributed by atoms with Gasteiger partial charge in [-0.2, -0.15) is 0 Å². The maximum atomic E-state index is 5.70. The Morgan fingerprint density at radius 1 is 1.40 bits per heavy atom. The van der Waals surface area contributed by atoms with Crippen LogP contribution in [0.2, 0.25) is 0 Å². The normalized spacial score (nSPS) is 13.2. The molecule has 0 aliphatic heterocycles. The molecule has 0 saturated carbocycles. The molecule has 1 aromatic carbocycles. The molecular formula is C12H17Cl2N. The molecule has 0 spiro atoms. The van der Waals surface area contributed by atoms with E-state index in [0.29, 0.717) is 12.5 Å². The van der Waals surface area contributed by atoms with E-state index in [0.717, 1.165) is 5.57 Å². The summed E-state index contributed by atoms with van der Waals surface area (Å²) in [5.41, 5.74) is 10.8. The topological polar surface area (TPSA) is 26.0 Å². The van der Waals surface area contributed by atoms with E-state index in [9.17, 15) is 0 Å². The van der Waals surface area contributed by atoms with Crippen LogP contribution in [0.3, 0.4) is 0 Å². The molecule has 2 N–H and O–H groups in total. The van der Waals surface area contributed by atoms with Gasteiger partial charge in [0, 0.05) is 18.0 Å². The Labute approximate surface area is 103 Å². The van der Waals surface area contributed by atoms with Gasteiger partial charge in [0.05, 0.1) is 0 Å². The van der Waals surface area contributed by atoms with Gasteiger partial charge in [0.2, 0.25) is 0 Å². The van der Waals surface area contributed by atoms with E-state index in [1.165, 1.54) is 11.1 Å². The number of benzene rings is 1. The van der Waals surface area contributed by atoms with E-state index in [4.69, 9.17) is 17.3 Å². The third-order valence-corrected chi connectivity index (χ3v) is 2.79. The first-order chi connectivity index (χ1) is 6.69. The van der Waals surface area contributed by atoms with Gasteiger partial charge in [-0.1, -0.05) is 48.4 Å². The fourth-order valence-corrected chi connectivity index (χ4v) is 1.66. The summed E-state index contributed by atoms with van der Waals surface area (Å²) in [7, 11) is 0. The van der Waals surface area contributed by atoms with Crippen molar-refractivity contribution < 1.29 is 0 Å². The Kier molecular flexibility index (Phi) is 6.66. The van der Waals surface area contributed by atoms with Gasteiger partial charge >= 0.3 is 0 Å². The van der Waals surface area contributed by atoms with Gasteiger partial charge in [-0.15, -0.1) is 12.4 Å². The molecule has 0 radical (unpaired) electrons. The molecule has 84 valence electrons. The summed E-state index contributed by atoms with van der Waals surface area (Å²) in [6.07, 6.45) is 0. The summed E-state index contributed by atoms with van der Waals surface area (Å²) in [4.78, 5) is 0. The van der Waals surface area contributed by atoms with Crippen LogP contribution in [-0.4, -0.2) is 6.54 Å². The molecule has 0 heterocycles. The summed E-state index contributed by atoms with van der Waals surface area (Å²) in [5.74, 6) is 0.304. The van der Waals surface area contributed by atoms with E-state index in [2.05, 4.69) is 38.1 Å². The zero-order valence-electron chi connectivity index (χ0n) is 9.03. The largest absolute Gasteiger partial charge is 0.327 e. The lowest BCUT2D eigenvalue weighted by molar-refractivity contribution is 0.859. The van der Waals surface area contributed by atoms with Crippen LogP contribution >= 0.6 is 24.0 Å². The first-order valence-corrected chi connectivity index (χ1v) is 5.18. The molecule has 1 atom stereocenters. The molecule has 0 amide bonds. The van der Waals surface area contributed by atoms with Gasteiger partial charge in [0.25, 0.3) is 0 Å². The number of hydrogen-bond donors (Lipinski definition) is 1. The molecule has 0 saturated heterocycles. The zero-order chi connectivity index (χ0) is 10.6. The van der Waals surface area contributed by atoms with Crippen LogP contribution in [0.5, 0.6) is 0 Å². The second-order valence-corrected chi connectivity index (χ2v) is 3.74. The Morgan fingerprint density at radius 2 is 1.93 bits per heavy atom. The zero-order valence-corrected chi connectivity index (χ0v) is 10.6. The van der Waals surface area contributed by atoms with Crippen molar-refractivity contribution in [1.29, 1.82) is 0 Å². The van der Waals surface area contributed by atoms with Gasteiger partial charge in [-0.3, -0.25) is 0 Å². The quantitative estimate of drug-likeness (QED) is 0.866. The highest BCUT2D eigenvalue weighted by Crippen LogP contribution is 2.23. The Morgan fingerprint density at radius 3 is 2.33 bits per heavy atom. The van der Waals surface area contributed by atoms with Crippen LogP contribution in [0.15, 0.2) is 35.4 Å². The monoisotopic (exact) mass is 245 g/mol. The summed E-state index contributed by atoms with van der Waals surface area (Å²) < 4.78 is 0. The summed E-state index contributed by atoms with van der Waals surface area (Å²) >= 11 is 5.70. The molecule has 1 aromatic rings. The van der Waals surface area contributed by atoms with Crippen molar-refractivity contribution in [3.05, 3.63) is 46.5 Å². The highest BCUT2D eigenvalue weighted by molar-refractivity contribution is 6.25. The molecule has 0 aromatic heterocycles. The Bertz CT molecular complexity index is 317. The summed E-state index contributed by atoms with van der Waals surface area (Å²) in [6, 6.07) is 8.45. The van der Waals surface area contributed by atoms with Crippen molar-refractivity contribution in [2.24, 2.45) is 5.73 Å². The fraction of sp³-hybridized carbons (Fsp3) is 0.333. The summed E-state index contributed by atoms with van der Waals surface area (Å²) in [5, 5.41) is 0. The third-order valence-electron chi connectivity index (χ3n) is 2.51. The first-order valence-electron chi connectivity index (χ1n) is 4.74. The van der Waals surface area contributed by atoms with E-state index < -0.39 is 0 Å². The van der Waals surface area contributed by atoms with Crippen LogP contribution in [0, 0.1) is 6.92 Å². The Balaban J connectivity index is 0.00000196. The van der Waals surface area contributed by atoms with Crippen molar-refractivity contribution >= 4 is 24.0 Å². The minimum Gasteiger partial charge on any atom is -0.327 e. The van der Waals surface area contributed by atoms with Crippen LogP contribution in [0.25, 0.3) is 0 Å². The molecule has 1 rings (SSSR count). The first kappa shape index (κ1) is 14.5. The highest BCUT2D eigenvalue weighted by atomic mass is 35.5. The average Bonchev–Trinajstić information content (AvgIpc) is 2.20. The van der Waals surface area contributed by atoms with Gasteiger partial charge in [0.1, 0.15) is 0 Å². The van der Waals surface area contributed by atoms with E-state index in [1.54, 1.807) is 5.54 Å². The van der Waals surface area contributed by atoms with Crippen molar-refractivity contribution in [3.8, 4) is 0 Å². The van der Waals surface area contributed by atoms with Crippen LogP contribution in [-0.2, 0) is 0 Å². The lowest BCUT2D eigenvalue weighted by Crippen LogP contribution is -2.09. The SMILES string of the molecule is Cc1ccc(C(C)/C(=C\Cl)CN)cc1.Cl. The van der Waals surface area contributed by atoms with Crippen molar-refractivity contribution in [2.45, 2.75) is 19.8 Å². The Hall–Kier alpha value is -0.500. The van der Waals surface area contributed by atoms with E-state index in [-0.39, 0.29) is 12.4 Å². The number of nitrogens with two attached hydrogens (primary N) is 1. The van der Waals surface area contributed by atoms with Crippen LogP contribution in [0.1, 0.15) is 24.0 Å². The maximum absolute atomic E-state index is 5.70. The van der Waals surface area contributed by atoms with Gasteiger partial charge < -0.3 is 5.73 Å². The molecule has 1 nitrogen and oxygen atoms in total.